The zero-order valence-electron chi connectivity index (χ0n) is 9.06. The van der Waals surface area contributed by atoms with Crippen LogP contribution in [0.3, 0.4) is 0 Å². The molecule has 0 aliphatic carbocycles. The van der Waals surface area contributed by atoms with Gasteiger partial charge in [0, 0.05) is 12.1 Å². The number of aromatic nitrogens is 3. The highest BCUT2D eigenvalue weighted by Gasteiger charge is 2.13. The third kappa shape index (κ3) is 3.81. The van der Waals surface area contributed by atoms with Crippen LogP contribution in [0, 0.1) is 0 Å². The molecule has 0 bridgehead atoms. The fraction of sp³-hybridized carbons (Fsp3) is 0.800. The van der Waals surface area contributed by atoms with Crippen molar-refractivity contribution in [1.29, 1.82) is 0 Å². The van der Waals surface area contributed by atoms with Crippen LogP contribution in [0.1, 0.15) is 37.8 Å². The van der Waals surface area contributed by atoms with Crippen molar-refractivity contribution in [3.8, 4) is 0 Å². The molecule has 0 aliphatic heterocycles. The molecule has 0 saturated carbocycles. The molecule has 1 rings (SSSR count). The summed E-state index contributed by atoms with van der Waals surface area (Å²) >= 11 is 4.31. The third-order valence-electron chi connectivity index (χ3n) is 2.41. The van der Waals surface area contributed by atoms with Crippen molar-refractivity contribution in [2.24, 2.45) is 0 Å². The lowest BCUT2D eigenvalue weighted by Gasteiger charge is -2.09. The van der Waals surface area contributed by atoms with Crippen molar-refractivity contribution in [2.45, 2.75) is 38.6 Å². The van der Waals surface area contributed by atoms with Crippen molar-refractivity contribution in [3.05, 3.63) is 11.9 Å². The predicted molar refractivity (Wildman–Crippen MR) is 62.1 cm³/mol. The summed E-state index contributed by atoms with van der Waals surface area (Å²) in [4.78, 5) is 0. The number of hydrogen-bond donors (Lipinski definition) is 1. The number of thiol groups is 1. The summed E-state index contributed by atoms with van der Waals surface area (Å²) < 4.78 is 13.6. The minimum Gasteiger partial charge on any atom is -0.250 e. The van der Waals surface area contributed by atoms with Crippen molar-refractivity contribution < 1.29 is 4.39 Å². The van der Waals surface area contributed by atoms with E-state index in [1.807, 2.05) is 6.20 Å². The van der Waals surface area contributed by atoms with Crippen molar-refractivity contribution in [1.82, 2.24) is 15.0 Å². The van der Waals surface area contributed by atoms with Crippen LogP contribution in [-0.4, -0.2) is 27.4 Å². The molecule has 0 N–H and O–H groups in total. The SMILES string of the molecule is CCCCC(CS)c1cn(CCF)nn1. The molecule has 0 spiro atoms. The first-order chi connectivity index (χ1) is 7.31. The Morgan fingerprint density at radius 1 is 1.60 bits per heavy atom. The molecular weight excluding hydrogens is 213 g/mol. The maximum Gasteiger partial charge on any atom is 0.109 e. The molecule has 0 saturated heterocycles. The summed E-state index contributed by atoms with van der Waals surface area (Å²) in [5.41, 5.74) is 0.937. The van der Waals surface area contributed by atoms with Gasteiger partial charge in [0.05, 0.1) is 12.2 Å². The molecule has 15 heavy (non-hydrogen) atoms. The Hall–Kier alpha value is -0.580. The van der Waals surface area contributed by atoms with Gasteiger partial charge in [-0.15, -0.1) is 5.10 Å². The molecule has 1 heterocycles. The van der Waals surface area contributed by atoms with Crippen LogP contribution in [0.5, 0.6) is 0 Å². The lowest BCUT2D eigenvalue weighted by Crippen LogP contribution is -2.01. The summed E-state index contributed by atoms with van der Waals surface area (Å²) in [7, 11) is 0. The van der Waals surface area contributed by atoms with Crippen LogP contribution >= 0.6 is 12.6 Å². The summed E-state index contributed by atoms with van der Waals surface area (Å²) in [6.07, 6.45) is 5.24. The molecule has 1 aromatic heterocycles. The quantitative estimate of drug-likeness (QED) is 0.731. The van der Waals surface area contributed by atoms with E-state index in [1.54, 1.807) is 4.68 Å². The fourth-order valence-electron chi connectivity index (χ4n) is 1.48. The van der Waals surface area contributed by atoms with E-state index in [-0.39, 0.29) is 0 Å². The normalized spacial score (nSPS) is 13.0. The lowest BCUT2D eigenvalue weighted by atomic mass is 10.0. The maximum absolute atomic E-state index is 12.1. The standard InChI is InChI=1S/C10H18FN3S/c1-2-3-4-9(8-15)10-7-14(6-5-11)13-12-10/h7,9,15H,2-6,8H2,1H3. The molecular formula is C10H18FN3S. The number of halogens is 1. The highest BCUT2D eigenvalue weighted by atomic mass is 32.1. The molecule has 0 aliphatic rings. The molecule has 1 aromatic rings. The van der Waals surface area contributed by atoms with E-state index >= 15 is 0 Å². The van der Waals surface area contributed by atoms with Gasteiger partial charge in [0.25, 0.3) is 0 Å². The minimum atomic E-state index is -0.400. The number of nitrogens with zero attached hydrogens (tertiary/aromatic N) is 3. The second kappa shape index (κ2) is 6.82. The van der Waals surface area contributed by atoms with E-state index in [0.717, 1.165) is 17.9 Å². The Morgan fingerprint density at radius 3 is 3.00 bits per heavy atom. The van der Waals surface area contributed by atoms with Crippen LogP contribution in [0.4, 0.5) is 4.39 Å². The molecule has 1 atom stereocenters. The Kier molecular flexibility index (Phi) is 5.68. The molecule has 5 heteroatoms. The number of unbranched alkanes of at least 4 members (excludes halogenated alkanes) is 1. The number of aryl methyl sites for hydroxylation is 1. The first-order valence-electron chi connectivity index (χ1n) is 5.38. The lowest BCUT2D eigenvalue weighted by molar-refractivity contribution is 0.422. The van der Waals surface area contributed by atoms with Crippen molar-refractivity contribution in [3.63, 3.8) is 0 Å². The molecule has 1 unspecified atom stereocenters. The van der Waals surface area contributed by atoms with Gasteiger partial charge < -0.3 is 0 Å². The first-order valence-corrected chi connectivity index (χ1v) is 6.01. The molecule has 0 aromatic carbocycles. The van der Waals surface area contributed by atoms with E-state index in [4.69, 9.17) is 0 Å². The molecule has 0 fully saturated rings. The number of hydrogen-bond acceptors (Lipinski definition) is 3. The molecule has 0 amide bonds. The van der Waals surface area contributed by atoms with Gasteiger partial charge in [0.2, 0.25) is 0 Å². The Labute approximate surface area is 95.5 Å². The van der Waals surface area contributed by atoms with E-state index in [0.29, 0.717) is 12.5 Å². The zero-order valence-corrected chi connectivity index (χ0v) is 9.96. The average Bonchev–Trinajstić information content (AvgIpc) is 2.68. The van der Waals surface area contributed by atoms with Crippen molar-refractivity contribution in [2.75, 3.05) is 12.4 Å². The van der Waals surface area contributed by atoms with Crippen LogP contribution in [-0.2, 0) is 6.54 Å². The summed E-state index contributed by atoms with van der Waals surface area (Å²) in [5.74, 6) is 1.12. The largest absolute Gasteiger partial charge is 0.250 e. The summed E-state index contributed by atoms with van der Waals surface area (Å²) in [5, 5.41) is 7.93. The van der Waals surface area contributed by atoms with Gasteiger partial charge in [-0.2, -0.15) is 12.6 Å². The monoisotopic (exact) mass is 231 g/mol. The van der Waals surface area contributed by atoms with Gasteiger partial charge in [-0.05, 0) is 12.2 Å². The summed E-state index contributed by atoms with van der Waals surface area (Å²) in [6.45, 7) is 2.05. The third-order valence-corrected chi connectivity index (χ3v) is 2.86. The van der Waals surface area contributed by atoms with Crippen LogP contribution in [0.15, 0.2) is 6.20 Å². The second-order valence-corrected chi connectivity index (χ2v) is 3.98. The van der Waals surface area contributed by atoms with Gasteiger partial charge in [0.15, 0.2) is 0 Å². The maximum atomic E-state index is 12.1. The summed E-state index contributed by atoms with van der Waals surface area (Å²) in [6, 6.07) is 0. The van der Waals surface area contributed by atoms with Gasteiger partial charge in [-0.3, -0.25) is 0 Å². The van der Waals surface area contributed by atoms with E-state index in [1.165, 1.54) is 12.8 Å². The van der Waals surface area contributed by atoms with E-state index in [2.05, 4.69) is 29.9 Å². The Balaban J connectivity index is 2.57. The first kappa shape index (κ1) is 12.5. The van der Waals surface area contributed by atoms with Gasteiger partial charge >= 0.3 is 0 Å². The number of rotatable bonds is 7. The van der Waals surface area contributed by atoms with E-state index < -0.39 is 6.67 Å². The minimum absolute atomic E-state index is 0.292. The van der Waals surface area contributed by atoms with Crippen LogP contribution in [0.2, 0.25) is 0 Å². The zero-order chi connectivity index (χ0) is 11.1. The highest BCUT2D eigenvalue weighted by molar-refractivity contribution is 7.80. The Bertz CT molecular complexity index is 277. The molecule has 86 valence electrons. The molecule has 0 radical (unpaired) electrons. The number of alkyl halides is 1. The van der Waals surface area contributed by atoms with Gasteiger partial charge in [-0.25, -0.2) is 9.07 Å². The predicted octanol–water partition coefficient (Wildman–Crippen LogP) is 2.45. The molecule has 3 nitrogen and oxygen atoms in total. The topological polar surface area (TPSA) is 30.7 Å². The van der Waals surface area contributed by atoms with Crippen LogP contribution in [0.25, 0.3) is 0 Å². The van der Waals surface area contributed by atoms with Crippen LogP contribution < -0.4 is 0 Å². The fourth-order valence-corrected chi connectivity index (χ4v) is 1.85. The second-order valence-electron chi connectivity index (χ2n) is 3.62. The van der Waals surface area contributed by atoms with Crippen molar-refractivity contribution >= 4 is 12.6 Å². The highest BCUT2D eigenvalue weighted by Crippen LogP contribution is 2.20. The smallest absolute Gasteiger partial charge is 0.109 e. The Morgan fingerprint density at radius 2 is 2.40 bits per heavy atom. The average molecular weight is 231 g/mol. The van der Waals surface area contributed by atoms with Gasteiger partial charge in [0.1, 0.15) is 6.67 Å². The van der Waals surface area contributed by atoms with E-state index in [9.17, 15) is 4.39 Å². The van der Waals surface area contributed by atoms with Gasteiger partial charge in [-0.1, -0.05) is 25.0 Å².